The van der Waals surface area contributed by atoms with Crippen LogP contribution in [0.3, 0.4) is 0 Å². The lowest BCUT2D eigenvalue weighted by Gasteiger charge is -2.31. The summed E-state index contributed by atoms with van der Waals surface area (Å²) in [7, 11) is -3.60. The number of nitrogens with zero attached hydrogens (tertiary/aromatic N) is 3. The molecule has 124 valence electrons. The molecule has 0 aliphatic carbocycles. The Morgan fingerprint density at radius 1 is 0.905 bits per heavy atom. The maximum atomic E-state index is 12.4. The molecule has 0 spiro atoms. The van der Waals surface area contributed by atoms with Crippen molar-refractivity contribution in [3.8, 4) is 0 Å². The fourth-order valence-electron chi connectivity index (χ4n) is 2.53. The van der Waals surface area contributed by atoms with E-state index in [-0.39, 0.29) is 26.2 Å². The first-order valence-corrected chi connectivity index (χ1v) is 8.31. The molecule has 0 aromatic heterocycles. The van der Waals surface area contributed by atoms with E-state index in [0.717, 1.165) is 0 Å². The third-order valence-corrected chi connectivity index (χ3v) is 5.61. The van der Waals surface area contributed by atoms with E-state index in [2.05, 4.69) is 0 Å². The Balaban J connectivity index is 1.95. The molecule has 2 saturated heterocycles. The molecule has 0 amide bonds. The molecule has 2 rings (SSSR count). The second kappa shape index (κ2) is 6.78. The fourth-order valence-corrected chi connectivity index (χ4v) is 4.14. The average molecular weight is 331 g/mol. The van der Waals surface area contributed by atoms with Gasteiger partial charge in [-0.2, -0.15) is 30.2 Å². The topological polar surface area (TPSA) is 53.1 Å². The van der Waals surface area contributed by atoms with E-state index < -0.39 is 22.9 Å². The van der Waals surface area contributed by atoms with Crippen molar-refractivity contribution in [2.75, 3.05) is 59.0 Å². The van der Waals surface area contributed by atoms with Crippen molar-refractivity contribution in [2.24, 2.45) is 0 Å². The molecule has 0 saturated carbocycles. The lowest BCUT2D eigenvalue weighted by Crippen LogP contribution is -2.49. The lowest BCUT2D eigenvalue weighted by molar-refractivity contribution is -0.145. The van der Waals surface area contributed by atoms with E-state index in [9.17, 15) is 21.6 Å². The summed E-state index contributed by atoms with van der Waals surface area (Å²) in [4.78, 5) is 1.26. The van der Waals surface area contributed by atoms with Crippen LogP contribution in [0.25, 0.3) is 0 Å². The van der Waals surface area contributed by atoms with Gasteiger partial charge in [0.25, 0.3) is 10.2 Å². The average Bonchev–Trinajstić information content (AvgIpc) is 2.64. The molecule has 6 nitrogen and oxygen atoms in total. The molecule has 2 fully saturated rings. The number of ether oxygens (including phenoxy) is 1. The zero-order valence-electron chi connectivity index (χ0n) is 11.7. The number of rotatable bonds is 3. The molecule has 0 bridgehead atoms. The third-order valence-electron chi connectivity index (χ3n) is 3.57. The molecule has 0 radical (unpaired) electrons. The Hall–Kier alpha value is -0.420. The van der Waals surface area contributed by atoms with Gasteiger partial charge in [0.2, 0.25) is 0 Å². The first-order chi connectivity index (χ1) is 9.79. The SMILES string of the molecule is O=S(=O)(N1CCOCC1)N1CCCN(CC(F)(F)F)CC1. The standard InChI is InChI=1S/C11H20F3N3O3S/c12-11(13,14)10-15-2-1-3-16(5-4-15)21(18,19)17-6-8-20-9-7-17/h1-10H2. The molecule has 2 aliphatic heterocycles. The van der Waals surface area contributed by atoms with Gasteiger partial charge in [-0.1, -0.05) is 0 Å². The normalized spacial score (nSPS) is 24.9. The second-order valence-corrected chi connectivity index (χ2v) is 7.09. The lowest BCUT2D eigenvalue weighted by atomic mass is 10.4. The smallest absolute Gasteiger partial charge is 0.379 e. The highest BCUT2D eigenvalue weighted by Gasteiger charge is 2.35. The number of hydrogen-bond acceptors (Lipinski definition) is 4. The minimum Gasteiger partial charge on any atom is -0.379 e. The summed E-state index contributed by atoms with van der Waals surface area (Å²) in [6.45, 7) is 1.02. The molecule has 0 N–H and O–H groups in total. The minimum atomic E-state index is -4.25. The van der Waals surface area contributed by atoms with Crippen LogP contribution in [0.2, 0.25) is 0 Å². The van der Waals surface area contributed by atoms with Gasteiger partial charge >= 0.3 is 6.18 Å². The zero-order chi connectivity index (χ0) is 15.5. The largest absolute Gasteiger partial charge is 0.401 e. The van der Waals surface area contributed by atoms with E-state index in [1.165, 1.54) is 13.5 Å². The molecule has 0 atom stereocenters. The Kier molecular flexibility index (Phi) is 5.47. The van der Waals surface area contributed by atoms with Gasteiger partial charge in [-0.05, 0) is 13.0 Å². The van der Waals surface area contributed by atoms with Gasteiger partial charge in [0.1, 0.15) is 0 Å². The molecule has 0 unspecified atom stereocenters. The van der Waals surface area contributed by atoms with Crippen molar-refractivity contribution < 1.29 is 26.3 Å². The molecule has 21 heavy (non-hydrogen) atoms. The third kappa shape index (κ3) is 4.78. The van der Waals surface area contributed by atoms with Gasteiger partial charge in [-0.3, -0.25) is 4.90 Å². The molecule has 2 aliphatic rings. The number of alkyl halides is 3. The number of morpholine rings is 1. The van der Waals surface area contributed by atoms with Crippen LogP contribution >= 0.6 is 0 Å². The summed E-state index contributed by atoms with van der Waals surface area (Å²) in [6.07, 6.45) is -3.85. The second-order valence-electron chi connectivity index (χ2n) is 5.16. The quantitative estimate of drug-likeness (QED) is 0.738. The van der Waals surface area contributed by atoms with Crippen molar-refractivity contribution >= 4 is 10.2 Å². The minimum absolute atomic E-state index is 0.0930. The fraction of sp³-hybridized carbons (Fsp3) is 1.00. The Labute approximate surface area is 122 Å². The van der Waals surface area contributed by atoms with Crippen LogP contribution in [0.15, 0.2) is 0 Å². The molecule has 0 aromatic carbocycles. The van der Waals surface area contributed by atoms with Crippen LogP contribution in [0.4, 0.5) is 13.2 Å². The molecular formula is C11H20F3N3O3S. The Morgan fingerprint density at radius 3 is 2.14 bits per heavy atom. The highest BCUT2D eigenvalue weighted by Crippen LogP contribution is 2.19. The molecule has 2 heterocycles. The predicted octanol–water partition coefficient (Wildman–Crippen LogP) is 0.133. The highest BCUT2D eigenvalue weighted by molar-refractivity contribution is 7.86. The van der Waals surface area contributed by atoms with Crippen molar-refractivity contribution in [3.05, 3.63) is 0 Å². The number of hydrogen-bond donors (Lipinski definition) is 0. The summed E-state index contributed by atoms with van der Waals surface area (Å²) in [6, 6.07) is 0. The highest BCUT2D eigenvalue weighted by atomic mass is 32.2. The monoisotopic (exact) mass is 331 g/mol. The summed E-state index contributed by atoms with van der Waals surface area (Å²) in [5.74, 6) is 0. The first kappa shape index (κ1) is 16.9. The maximum Gasteiger partial charge on any atom is 0.401 e. The van der Waals surface area contributed by atoms with Crippen molar-refractivity contribution in [1.82, 2.24) is 13.5 Å². The van der Waals surface area contributed by atoms with Gasteiger partial charge < -0.3 is 4.74 Å². The molecule has 0 aromatic rings. The van der Waals surface area contributed by atoms with Gasteiger partial charge in [-0.15, -0.1) is 0 Å². The summed E-state index contributed by atoms with van der Waals surface area (Å²) >= 11 is 0. The van der Waals surface area contributed by atoms with E-state index in [0.29, 0.717) is 32.7 Å². The van der Waals surface area contributed by atoms with E-state index in [4.69, 9.17) is 4.74 Å². The number of halogens is 3. The van der Waals surface area contributed by atoms with Crippen molar-refractivity contribution in [2.45, 2.75) is 12.6 Å². The Bertz CT molecular complexity index is 438. The molecule has 10 heteroatoms. The predicted molar refractivity (Wildman–Crippen MR) is 70.0 cm³/mol. The zero-order valence-corrected chi connectivity index (χ0v) is 12.5. The van der Waals surface area contributed by atoms with E-state index in [1.54, 1.807) is 0 Å². The van der Waals surface area contributed by atoms with Gasteiger partial charge in [0.15, 0.2) is 0 Å². The molecular weight excluding hydrogens is 311 g/mol. The van der Waals surface area contributed by atoms with Crippen LogP contribution in [0, 0.1) is 0 Å². The van der Waals surface area contributed by atoms with Crippen LogP contribution in [0.5, 0.6) is 0 Å². The van der Waals surface area contributed by atoms with Gasteiger partial charge in [-0.25, -0.2) is 0 Å². The Morgan fingerprint density at radius 2 is 1.52 bits per heavy atom. The summed E-state index contributed by atoms with van der Waals surface area (Å²) < 4.78 is 69.8. The summed E-state index contributed by atoms with van der Waals surface area (Å²) in [5, 5.41) is 0. The van der Waals surface area contributed by atoms with Crippen LogP contribution in [0.1, 0.15) is 6.42 Å². The maximum absolute atomic E-state index is 12.4. The van der Waals surface area contributed by atoms with Crippen molar-refractivity contribution in [1.29, 1.82) is 0 Å². The van der Waals surface area contributed by atoms with Crippen LogP contribution in [-0.2, 0) is 14.9 Å². The summed E-state index contributed by atoms with van der Waals surface area (Å²) in [5.41, 5.74) is 0. The van der Waals surface area contributed by atoms with Gasteiger partial charge in [0.05, 0.1) is 19.8 Å². The van der Waals surface area contributed by atoms with Gasteiger partial charge in [0, 0.05) is 32.7 Å². The van der Waals surface area contributed by atoms with Crippen LogP contribution in [-0.4, -0.2) is 87.1 Å². The van der Waals surface area contributed by atoms with Crippen molar-refractivity contribution in [3.63, 3.8) is 0 Å². The van der Waals surface area contributed by atoms with E-state index in [1.807, 2.05) is 0 Å². The van der Waals surface area contributed by atoms with Crippen LogP contribution < -0.4 is 0 Å². The first-order valence-electron chi connectivity index (χ1n) is 6.91. The van der Waals surface area contributed by atoms with E-state index >= 15 is 0 Å².